The van der Waals surface area contributed by atoms with Gasteiger partial charge in [-0.1, -0.05) is 41.9 Å². The molecule has 27 heavy (non-hydrogen) atoms. The number of nitrogens with zero attached hydrogens (tertiary/aromatic N) is 2. The Hall–Kier alpha value is -2.77. The van der Waals surface area contributed by atoms with Gasteiger partial charge < -0.3 is 5.11 Å². The Labute approximate surface area is 164 Å². The van der Waals surface area contributed by atoms with Crippen molar-refractivity contribution >= 4 is 30.0 Å². The zero-order chi connectivity index (χ0) is 19.6. The summed E-state index contributed by atoms with van der Waals surface area (Å²) in [6.45, 7) is 1.87. The normalized spacial score (nSPS) is 12.4. The van der Waals surface area contributed by atoms with Gasteiger partial charge in [0, 0.05) is 6.21 Å². The second kappa shape index (κ2) is 7.85. The zero-order valence-electron chi connectivity index (χ0n) is 14.2. The van der Waals surface area contributed by atoms with Crippen molar-refractivity contribution in [3.05, 3.63) is 85.6 Å². The molecule has 0 aliphatic heterocycles. The van der Waals surface area contributed by atoms with Gasteiger partial charge in [-0.05, 0) is 42.9 Å². The summed E-state index contributed by atoms with van der Waals surface area (Å²) in [6, 6.07) is 13.1. The lowest BCUT2D eigenvalue weighted by Gasteiger charge is -2.12. The molecule has 0 spiro atoms. The number of hydrogen-bond donors (Lipinski definition) is 2. The van der Waals surface area contributed by atoms with Crippen molar-refractivity contribution < 1.29 is 9.50 Å². The Morgan fingerprint density at radius 3 is 2.67 bits per heavy atom. The molecule has 0 aliphatic rings. The summed E-state index contributed by atoms with van der Waals surface area (Å²) in [5.74, 6) is -1.01. The topological polar surface area (TPSA) is 70.4 Å². The van der Waals surface area contributed by atoms with Gasteiger partial charge in [-0.15, -0.1) is 0 Å². The molecule has 0 aliphatic carbocycles. The van der Waals surface area contributed by atoms with Crippen molar-refractivity contribution in [2.45, 2.75) is 13.0 Å². The monoisotopic (exact) mass is 403 g/mol. The number of aliphatic imine (C=N–C) groups is 1. The van der Waals surface area contributed by atoms with Crippen molar-refractivity contribution in [1.82, 2.24) is 9.55 Å². The number of H-pyrrole nitrogens is 1. The number of halogens is 2. The van der Waals surface area contributed by atoms with Crippen LogP contribution in [0.4, 0.5) is 4.39 Å². The summed E-state index contributed by atoms with van der Waals surface area (Å²) in [7, 11) is 0. The number of aromatic amines is 1. The van der Waals surface area contributed by atoms with E-state index in [0.29, 0.717) is 5.69 Å². The summed E-state index contributed by atoms with van der Waals surface area (Å²) >= 11 is 10.9. The summed E-state index contributed by atoms with van der Waals surface area (Å²) in [6.07, 6.45) is 1.29. The molecule has 0 radical (unpaired) electrons. The molecule has 3 aromatic rings. The Balaban J connectivity index is 2.07. The van der Waals surface area contributed by atoms with Gasteiger partial charge in [0.1, 0.15) is 11.4 Å². The lowest BCUT2D eigenvalue weighted by molar-refractivity contribution is 0.432. The van der Waals surface area contributed by atoms with Gasteiger partial charge in [0.15, 0.2) is 4.77 Å². The molecule has 0 saturated carbocycles. The molecule has 1 aromatic heterocycles. The molecule has 0 amide bonds. The van der Waals surface area contributed by atoms with Crippen LogP contribution in [-0.4, -0.2) is 20.9 Å². The lowest BCUT2D eigenvalue weighted by atomic mass is 10.1. The Bertz CT molecular complexity index is 1130. The maximum atomic E-state index is 13.4. The van der Waals surface area contributed by atoms with Gasteiger partial charge in [0.2, 0.25) is 5.88 Å². The van der Waals surface area contributed by atoms with E-state index >= 15 is 0 Å². The second-order valence-electron chi connectivity index (χ2n) is 5.80. The molecule has 2 aromatic carbocycles. The third-order valence-electron chi connectivity index (χ3n) is 3.99. The minimum atomic E-state index is -0.602. The molecule has 3 rings (SSSR count). The first-order valence-corrected chi connectivity index (χ1v) is 8.79. The molecule has 8 heteroatoms. The Morgan fingerprint density at radius 2 is 2.00 bits per heavy atom. The fourth-order valence-electron chi connectivity index (χ4n) is 2.52. The van der Waals surface area contributed by atoms with Crippen LogP contribution in [0.1, 0.15) is 24.1 Å². The largest absolute Gasteiger partial charge is 0.494 e. The number of aromatic hydroxyl groups is 1. The standard InChI is InChI=1S/C19H15ClFN3O2S/c1-11(12-5-3-2-4-6-12)22-10-14-17(25)23-19(27)24(18(14)26)13-7-8-16(21)15(20)9-13/h2-11,26H,1H3,(H,23,25,27). The minimum absolute atomic E-state index is 0.0477. The van der Waals surface area contributed by atoms with Crippen molar-refractivity contribution in [2.24, 2.45) is 4.99 Å². The third kappa shape index (κ3) is 3.99. The van der Waals surface area contributed by atoms with Gasteiger partial charge in [-0.25, -0.2) is 4.39 Å². The summed E-state index contributed by atoms with van der Waals surface area (Å²) in [5.41, 5.74) is 0.631. The van der Waals surface area contributed by atoms with Gasteiger partial charge in [0.05, 0.1) is 16.8 Å². The summed E-state index contributed by atoms with van der Waals surface area (Å²) < 4.78 is 14.6. The first-order valence-electron chi connectivity index (χ1n) is 8.00. The SMILES string of the molecule is CC(N=Cc1c(O)n(-c2ccc(F)c(Cl)c2)c(=S)[nH]c1=O)c1ccccc1. The molecule has 1 heterocycles. The van der Waals surface area contributed by atoms with E-state index in [2.05, 4.69) is 9.98 Å². The van der Waals surface area contributed by atoms with Crippen LogP contribution in [0.3, 0.4) is 0 Å². The van der Waals surface area contributed by atoms with Gasteiger partial charge in [0.25, 0.3) is 5.56 Å². The van der Waals surface area contributed by atoms with Crippen LogP contribution >= 0.6 is 23.8 Å². The third-order valence-corrected chi connectivity index (χ3v) is 4.57. The maximum absolute atomic E-state index is 13.4. The van der Waals surface area contributed by atoms with Crippen molar-refractivity contribution in [3.63, 3.8) is 0 Å². The van der Waals surface area contributed by atoms with E-state index in [9.17, 15) is 14.3 Å². The molecule has 138 valence electrons. The first-order chi connectivity index (χ1) is 12.9. The molecular weight excluding hydrogens is 389 g/mol. The van der Waals surface area contributed by atoms with Crippen LogP contribution in [0.25, 0.3) is 5.69 Å². The predicted octanol–water partition coefficient (Wildman–Crippen LogP) is 4.57. The van der Waals surface area contributed by atoms with Crippen LogP contribution in [0.5, 0.6) is 5.88 Å². The van der Waals surface area contributed by atoms with E-state index < -0.39 is 17.3 Å². The lowest BCUT2D eigenvalue weighted by Crippen LogP contribution is -2.18. The second-order valence-corrected chi connectivity index (χ2v) is 6.59. The quantitative estimate of drug-likeness (QED) is 0.495. The number of aromatic nitrogens is 2. The van der Waals surface area contributed by atoms with Crippen molar-refractivity contribution in [2.75, 3.05) is 0 Å². The molecule has 2 N–H and O–H groups in total. The highest BCUT2D eigenvalue weighted by Gasteiger charge is 2.14. The van der Waals surface area contributed by atoms with Crippen LogP contribution in [-0.2, 0) is 0 Å². The molecular formula is C19H15ClFN3O2S. The van der Waals surface area contributed by atoms with Crippen molar-refractivity contribution in [1.29, 1.82) is 0 Å². The highest BCUT2D eigenvalue weighted by atomic mass is 35.5. The van der Waals surface area contributed by atoms with Gasteiger partial charge >= 0.3 is 0 Å². The number of benzene rings is 2. The van der Waals surface area contributed by atoms with E-state index in [0.717, 1.165) is 11.6 Å². The van der Waals surface area contributed by atoms with E-state index in [-0.39, 0.29) is 21.4 Å². The molecule has 0 fully saturated rings. The molecule has 1 unspecified atom stereocenters. The zero-order valence-corrected chi connectivity index (χ0v) is 15.8. The highest BCUT2D eigenvalue weighted by Crippen LogP contribution is 2.24. The van der Waals surface area contributed by atoms with Crippen molar-refractivity contribution in [3.8, 4) is 11.6 Å². The maximum Gasteiger partial charge on any atom is 0.264 e. The molecule has 0 bridgehead atoms. The molecule has 1 atom stereocenters. The summed E-state index contributed by atoms with van der Waals surface area (Å²) in [4.78, 5) is 19.1. The highest BCUT2D eigenvalue weighted by molar-refractivity contribution is 7.71. The molecule has 5 nitrogen and oxygen atoms in total. The predicted molar refractivity (Wildman–Crippen MR) is 106 cm³/mol. The van der Waals surface area contributed by atoms with E-state index in [1.54, 1.807) is 0 Å². The number of nitrogens with one attached hydrogen (secondary N) is 1. The smallest absolute Gasteiger partial charge is 0.264 e. The number of rotatable bonds is 4. The average molecular weight is 404 g/mol. The average Bonchev–Trinajstić information content (AvgIpc) is 2.64. The number of hydrogen-bond acceptors (Lipinski definition) is 4. The van der Waals surface area contributed by atoms with Crippen LogP contribution in [0, 0.1) is 10.6 Å². The van der Waals surface area contributed by atoms with E-state index in [1.165, 1.54) is 22.9 Å². The van der Waals surface area contributed by atoms with Crippen LogP contribution < -0.4 is 5.56 Å². The van der Waals surface area contributed by atoms with Crippen LogP contribution in [0.2, 0.25) is 5.02 Å². The molecule has 0 saturated heterocycles. The van der Waals surface area contributed by atoms with E-state index in [4.69, 9.17) is 23.8 Å². The fraction of sp³-hybridized carbons (Fsp3) is 0.105. The van der Waals surface area contributed by atoms with Crippen LogP contribution in [0.15, 0.2) is 58.3 Å². The first kappa shape index (κ1) is 19.0. The summed E-state index contributed by atoms with van der Waals surface area (Å²) in [5, 5.41) is 10.5. The van der Waals surface area contributed by atoms with Gasteiger partial charge in [-0.2, -0.15) is 0 Å². The fourth-order valence-corrected chi connectivity index (χ4v) is 2.98. The van der Waals surface area contributed by atoms with Gasteiger partial charge in [-0.3, -0.25) is 19.3 Å². The minimum Gasteiger partial charge on any atom is -0.494 e. The Morgan fingerprint density at radius 1 is 1.30 bits per heavy atom. The van der Waals surface area contributed by atoms with E-state index in [1.807, 2.05) is 37.3 Å². The Kier molecular flexibility index (Phi) is 5.53.